The lowest BCUT2D eigenvalue weighted by molar-refractivity contribution is 0.122. The molecule has 168 valence electrons. The van der Waals surface area contributed by atoms with Gasteiger partial charge in [-0.1, -0.05) is 24.3 Å². The minimum atomic E-state index is 0.501. The molecule has 1 aliphatic rings. The number of para-hydroxylation sites is 1. The number of hydrogen-bond acceptors (Lipinski definition) is 7. The number of nitrogens with zero attached hydrogens (tertiary/aromatic N) is 4. The summed E-state index contributed by atoms with van der Waals surface area (Å²) in [6.45, 7) is 3.59. The van der Waals surface area contributed by atoms with Gasteiger partial charge in [0.1, 0.15) is 0 Å². The van der Waals surface area contributed by atoms with E-state index in [4.69, 9.17) is 9.47 Å². The number of anilines is 2. The van der Waals surface area contributed by atoms with E-state index in [1.165, 1.54) is 0 Å². The van der Waals surface area contributed by atoms with E-state index in [2.05, 4.69) is 36.4 Å². The minimum absolute atomic E-state index is 0.501. The third kappa shape index (κ3) is 5.30. The van der Waals surface area contributed by atoms with Crippen molar-refractivity contribution in [1.29, 1.82) is 0 Å². The largest absolute Gasteiger partial charge is 0.477 e. The van der Waals surface area contributed by atoms with Crippen LogP contribution < -0.4 is 15.1 Å². The number of pyridine rings is 2. The van der Waals surface area contributed by atoms with Crippen molar-refractivity contribution in [3.63, 3.8) is 0 Å². The topological polar surface area (TPSA) is 87.7 Å². The molecule has 0 aliphatic carbocycles. The first-order chi connectivity index (χ1) is 16.3. The molecule has 8 heteroatoms. The molecule has 0 atom stereocenters. The third-order valence-corrected chi connectivity index (χ3v) is 5.49. The zero-order valence-electron chi connectivity index (χ0n) is 18.3. The van der Waals surface area contributed by atoms with Crippen molar-refractivity contribution in [1.82, 2.24) is 15.0 Å². The number of aromatic nitrogens is 3. The van der Waals surface area contributed by atoms with Crippen LogP contribution in [0.1, 0.15) is 11.4 Å². The third-order valence-electron chi connectivity index (χ3n) is 5.49. The Labute approximate surface area is 192 Å². The molecule has 1 saturated heterocycles. The Morgan fingerprint density at radius 1 is 1.12 bits per heavy atom. The van der Waals surface area contributed by atoms with Crippen molar-refractivity contribution < 1.29 is 9.47 Å². The van der Waals surface area contributed by atoms with Gasteiger partial charge in [-0.25, -0.2) is 4.98 Å². The number of H-pyrrole nitrogens is 1. The van der Waals surface area contributed by atoms with Crippen LogP contribution in [0.25, 0.3) is 10.9 Å². The van der Waals surface area contributed by atoms with E-state index in [1.807, 2.05) is 54.7 Å². The number of ether oxygens (including phenoxy) is 2. The number of aromatic amines is 1. The predicted octanol–water partition coefficient (Wildman–Crippen LogP) is 3.86. The normalized spacial score (nSPS) is 14.1. The van der Waals surface area contributed by atoms with Gasteiger partial charge in [0, 0.05) is 60.3 Å². The Kier molecular flexibility index (Phi) is 6.44. The van der Waals surface area contributed by atoms with Crippen LogP contribution in [0.3, 0.4) is 0 Å². The summed E-state index contributed by atoms with van der Waals surface area (Å²) in [5, 5.41) is 5.51. The first-order valence-corrected chi connectivity index (χ1v) is 11.1. The van der Waals surface area contributed by atoms with Crippen molar-refractivity contribution in [2.75, 3.05) is 43.2 Å². The van der Waals surface area contributed by atoms with E-state index in [1.54, 1.807) is 12.4 Å². The number of nitrogens with one attached hydrogen (secondary N) is 2. The number of benzene rings is 1. The fraction of sp³-hybridized carbons (Fsp3) is 0.240. The van der Waals surface area contributed by atoms with Crippen molar-refractivity contribution in [2.24, 2.45) is 5.10 Å². The molecule has 0 saturated carbocycles. The highest BCUT2D eigenvalue weighted by Crippen LogP contribution is 2.24. The van der Waals surface area contributed by atoms with Gasteiger partial charge in [-0.3, -0.25) is 10.4 Å². The number of hydrazone groups is 1. The summed E-state index contributed by atoms with van der Waals surface area (Å²) in [4.78, 5) is 14.5. The Morgan fingerprint density at radius 2 is 2.00 bits per heavy atom. The molecule has 2 N–H and O–H groups in total. The molecular weight excluding hydrogens is 416 g/mol. The van der Waals surface area contributed by atoms with E-state index in [-0.39, 0.29) is 0 Å². The van der Waals surface area contributed by atoms with Crippen LogP contribution in [0.4, 0.5) is 11.4 Å². The van der Waals surface area contributed by atoms with Crippen LogP contribution >= 0.6 is 0 Å². The highest BCUT2D eigenvalue weighted by molar-refractivity contribution is 5.92. The fourth-order valence-corrected chi connectivity index (χ4v) is 3.79. The lowest BCUT2D eigenvalue weighted by Crippen LogP contribution is -2.36. The summed E-state index contributed by atoms with van der Waals surface area (Å²) in [7, 11) is 0. The molecule has 1 fully saturated rings. The van der Waals surface area contributed by atoms with Gasteiger partial charge in [0.05, 0.1) is 37.4 Å². The number of fused-ring (bicyclic) bond motifs is 1. The van der Waals surface area contributed by atoms with Gasteiger partial charge in [0.25, 0.3) is 0 Å². The summed E-state index contributed by atoms with van der Waals surface area (Å²) in [6.07, 6.45) is 6.14. The smallest absolute Gasteiger partial charge is 0.215 e. The van der Waals surface area contributed by atoms with Gasteiger partial charge in [-0.05, 0) is 24.3 Å². The molecule has 3 aromatic heterocycles. The Morgan fingerprint density at radius 3 is 2.88 bits per heavy atom. The molecule has 4 aromatic rings. The maximum absolute atomic E-state index is 6.00. The molecule has 5 rings (SSSR count). The molecule has 0 amide bonds. The zero-order chi connectivity index (χ0) is 22.3. The first-order valence-electron chi connectivity index (χ1n) is 11.1. The van der Waals surface area contributed by atoms with Gasteiger partial charge in [-0.15, -0.1) is 0 Å². The molecule has 0 radical (unpaired) electrons. The monoisotopic (exact) mass is 442 g/mol. The molecule has 1 aliphatic heterocycles. The van der Waals surface area contributed by atoms with Gasteiger partial charge < -0.3 is 19.4 Å². The van der Waals surface area contributed by atoms with Crippen molar-refractivity contribution in [3.8, 4) is 5.88 Å². The number of rotatable bonds is 8. The summed E-state index contributed by atoms with van der Waals surface area (Å²) < 4.78 is 11.5. The van der Waals surface area contributed by atoms with E-state index < -0.39 is 0 Å². The van der Waals surface area contributed by atoms with Crippen LogP contribution in [-0.4, -0.2) is 54.1 Å². The summed E-state index contributed by atoms with van der Waals surface area (Å²) in [6, 6.07) is 18.0. The molecule has 0 spiro atoms. The Balaban J connectivity index is 1.32. The van der Waals surface area contributed by atoms with Gasteiger partial charge in [0.2, 0.25) is 5.88 Å². The predicted molar refractivity (Wildman–Crippen MR) is 130 cm³/mol. The lowest BCUT2D eigenvalue weighted by atomic mass is 10.2. The van der Waals surface area contributed by atoms with E-state index in [0.717, 1.165) is 53.2 Å². The van der Waals surface area contributed by atoms with Gasteiger partial charge in [0.15, 0.2) is 0 Å². The quantitative estimate of drug-likeness (QED) is 0.318. The minimum Gasteiger partial charge on any atom is -0.477 e. The number of morpholine rings is 1. The fourth-order valence-electron chi connectivity index (χ4n) is 3.79. The van der Waals surface area contributed by atoms with Crippen molar-refractivity contribution in [3.05, 3.63) is 78.4 Å². The molecule has 1 aromatic carbocycles. The van der Waals surface area contributed by atoms with Gasteiger partial charge >= 0.3 is 0 Å². The average molecular weight is 443 g/mol. The Bertz CT molecular complexity index is 1220. The number of hydrogen-bond donors (Lipinski definition) is 2. The standard InChI is InChI=1S/C25H26N6O2/c1-2-7-23-22(6-1)24(18-27-23)30-28-17-20-15-21(31-10-13-32-14-11-31)16-25(29-20)33-12-8-19-5-3-4-9-26-19/h1-7,9,15-18,27,30H,8,10-14H2/b28-17+. The van der Waals surface area contributed by atoms with E-state index in [9.17, 15) is 0 Å². The van der Waals surface area contributed by atoms with E-state index in [0.29, 0.717) is 25.7 Å². The molecule has 33 heavy (non-hydrogen) atoms. The molecule has 0 unspecified atom stereocenters. The molecule has 0 bridgehead atoms. The maximum Gasteiger partial charge on any atom is 0.215 e. The summed E-state index contributed by atoms with van der Waals surface area (Å²) >= 11 is 0. The van der Waals surface area contributed by atoms with E-state index >= 15 is 0 Å². The first kappa shape index (κ1) is 21.0. The highest BCUT2D eigenvalue weighted by Gasteiger charge is 2.14. The van der Waals surface area contributed by atoms with Gasteiger partial charge in [-0.2, -0.15) is 5.10 Å². The van der Waals surface area contributed by atoms with Crippen LogP contribution in [0.2, 0.25) is 0 Å². The second-order valence-electron chi connectivity index (χ2n) is 7.73. The second-order valence-corrected chi connectivity index (χ2v) is 7.73. The Hall–Kier alpha value is -3.91. The second kappa shape index (κ2) is 10.1. The summed E-state index contributed by atoms with van der Waals surface area (Å²) in [5.41, 5.74) is 7.86. The van der Waals surface area contributed by atoms with Crippen LogP contribution in [0.5, 0.6) is 5.88 Å². The van der Waals surface area contributed by atoms with Crippen molar-refractivity contribution >= 4 is 28.5 Å². The molecule has 8 nitrogen and oxygen atoms in total. The molecular formula is C25H26N6O2. The highest BCUT2D eigenvalue weighted by atomic mass is 16.5. The SMILES string of the molecule is C(=N\Nc1c[nH]c2ccccc12)/c1cc(N2CCOCC2)cc(OCCc2ccccn2)n1. The lowest BCUT2D eigenvalue weighted by Gasteiger charge is -2.29. The van der Waals surface area contributed by atoms with Crippen LogP contribution in [0, 0.1) is 0 Å². The molecule has 4 heterocycles. The maximum atomic E-state index is 6.00. The van der Waals surface area contributed by atoms with Crippen molar-refractivity contribution in [2.45, 2.75) is 6.42 Å². The average Bonchev–Trinajstić information content (AvgIpc) is 3.28. The van der Waals surface area contributed by atoms with Crippen LogP contribution in [0.15, 0.2) is 72.1 Å². The zero-order valence-corrected chi connectivity index (χ0v) is 18.3. The van der Waals surface area contributed by atoms with Crippen LogP contribution in [-0.2, 0) is 11.2 Å². The summed E-state index contributed by atoms with van der Waals surface area (Å²) in [5.74, 6) is 0.573.